The van der Waals surface area contributed by atoms with E-state index >= 15 is 0 Å². The van der Waals surface area contributed by atoms with Crippen molar-refractivity contribution in [3.8, 4) is 5.75 Å². The fraction of sp³-hybridized carbons (Fsp3) is 0.100. The van der Waals surface area contributed by atoms with Crippen molar-refractivity contribution in [3.05, 3.63) is 34.0 Å². The van der Waals surface area contributed by atoms with E-state index < -0.39 is 6.36 Å². The third-order valence-electron chi connectivity index (χ3n) is 1.99. The number of benzene rings is 1. The number of rotatable bonds is 1. The standard InChI is InChI=1S/C10H4BrClF3NO/c11-7-3-5-1-2-16-9(12)6(5)4-8(7)17-10(13,14)15/h1-4H. The number of fused-ring (bicyclic) bond motifs is 1. The summed E-state index contributed by atoms with van der Waals surface area (Å²) in [5.41, 5.74) is 0. The maximum absolute atomic E-state index is 12.1. The predicted molar refractivity (Wildman–Crippen MR) is 61.1 cm³/mol. The molecule has 0 aliphatic carbocycles. The molecule has 0 unspecified atom stereocenters. The van der Waals surface area contributed by atoms with Crippen LogP contribution in [0.25, 0.3) is 10.8 Å². The van der Waals surface area contributed by atoms with Crippen molar-refractivity contribution in [1.29, 1.82) is 0 Å². The number of hydrogen-bond acceptors (Lipinski definition) is 2. The van der Waals surface area contributed by atoms with E-state index in [1.807, 2.05) is 0 Å². The summed E-state index contributed by atoms with van der Waals surface area (Å²) in [5, 5.41) is 1.20. The first-order valence-corrected chi connectivity index (χ1v) is 5.53. The van der Waals surface area contributed by atoms with Crippen molar-refractivity contribution < 1.29 is 17.9 Å². The van der Waals surface area contributed by atoms with Gasteiger partial charge in [-0.25, -0.2) is 4.98 Å². The van der Waals surface area contributed by atoms with Crippen molar-refractivity contribution in [1.82, 2.24) is 4.98 Å². The Morgan fingerprint density at radius 1 is 1.29 bits per heavy atom. The van der Waals surface area contributed by atoms with Crippen molar-refractivity contribution in [3.63, 3.8) is 0 Å². The number of ether oxygens (including phenoxy) is 1. The minimum atomic E-state index is -4.75. The van der Waals surface area contributed by atoms with E-state index in [0.29, 0.717) is 10.8 Å². The van der Waals surface area contributed by atoms with Gasteiger partial charge in [0.05, 0.1) is 4.47 Å². The zero-order valence-corrected chi connectivity index (χ0v) is 10.4. The Bertz CT molecular complexity index is 573. The second-order valence-electron chi connectivity index (χ2n) is 3.15. The molecule has 0 fully saturated rings. The van der Waals surface area contributed by atoms with Crippen LogP contribution in [0, 0.1) is 0 Å². The predicted octanol–water partition coefficient (Wildman–Crippen LogP) is 4.55. The molecule has 90 valence electrons. The van der Waals surface area contributed by atoms with Crippen LogP contribution in [0.5, 0.6) is 5.75 Å². The average Bonchev–Trinajstić information content (AvgIpc) is 2.18. The Morgan fingerprint density at radius 2 is 2.00 bits per heavy atom. The Morgan fingerprint density at radius 3 is 2.65 bits per heavy atom. The Kier molecular flexibility index (Phi) is 3.18. The number of pyridine rings is 1. The molecule has 0 radical (unpaired) electrons. The number of aromatic nitrogens is 1. The molecule has 0 atom stereocenters. The molecule has 1 heterocycles. The molecule has 0 amide bonds. The van der Waals surface area contributed by atoms with Gasteiger partial charge in [0.25, 0.3) is 0 Å². The Labute approximate surface area is 107 Å². The van der Waals surface area contributed by atoms with Gasteiger partial charge in [-0.1, -0.05) is 11.6 Å². The van der Waals surface area contributed by atoms with Crippen molar-refractivity contribution in [2.24, 2.45) is 0 Å². The van der Waals surface area contributed by atoms with E-state index in [4.69, 9.17) is 11.6 Å². The van der Waals surface area contributed by atoms with Crippen LogP contribution in [0.4, 0.5) is 13.2 Å². The topological polar surface area (TPSA) is 22.1 Å². The third-order valence-corrected chi connectivity index (χ3v) is 2.91. The van der Waals surface area contributed by atoms with E-state index in [-0.39, 0.29) is 15.4 Å². The highest BCUT2D eigenvalue weighted by atomic mass is 79.9. The quantitative estimate of drug-likeness (QED) is 0.717. The lowest BCUT2D eigenvalue weighted by Gasteiger charge is -2.11. The average molecular weight is 326 g/mol. The molecule has 7 heteroatoms. The van der Waals surface area contributed by atoms with Gasteiger partial charge in [0.2, 0.25) is 0 Å². The Balaban J connectivity index is 2.58. The fourth-order valence-corrected chi connectivity index (χ4v) is 2.00. The lowest BCUT2D eigenvalue weighted by molar-refractivity contribution is -0.274. The van der Waals surface area contributed by atoms with Gasteiger partial charge in [-0.2, -0.15) is 0 Å². The van der Waals surface area contributed by atoms with Crippen LogP contribution < -0.4 is 4.74 Å². The summed E-state index contributed by atoms with van der Waals surface area (Å²) in [6, 6.07) is 4.33. The summed E-state index contributed by atoms with van der Waals surface area (Å²) in [5.74, 6) is -0.347. The summed E-state index contributed by atoms with van der Waals surface area (Å²) in [6.45, 7) is 0. The summed E-state index contributed by atoms with van der Waals surface area (Å²) < 4.78 is 40.5. The summed E-state index contributed by atoms with van der Waals surface area (Å²) in [7, 11) is 0. The zero-order valence-electron chi connectivity index (χ0n) is 8.05. The summed E-state index contributed by atoms with van der Waals surface area (Å²) >= 11 is 8.80. The molecule has 0 N–H and O–H groups in total. The van der Waals surface area contributed by atoms with E-state index in [9.17, 15) is 13.2 Å². The van der Waals surface area contributed by atoms with Gasteiger partial charge >= 0.3 is 6.36 Å². The monoisotopic (exact) mass is 325 g/mol. The van der Waals surface area contributed by atoms with Gasteiger partial charge in [-0.3, -0.25) is 0 Å². The molecule has 1 aromatic carbocycles. The molecule has 0 saturated carbocycles. The van der Waals surface area contributed by atoms with Gasteiger partial charge in [-0.05, 0) is 39.5 Å². The lowest BCUT2D eigenvalue weighted by atomic mass is 10.2. The molecule has 2 aromatic rings. The SMILES string of the molecule is FC(F)(F)Oc1cc2c(Cl)nccc2cc1Br. The van der Waals surface area contributed by atoms with Crippen molar-refractivity contribution in [2.75, 3.05) is 0 Å². The fourth-order valence-electron chi connectivity index (χ4n) is 1.34. The van der Waals surface area contributed by atoms with Gasteiger partial charge < -0.3 is 4.74 Å². The van der Waals surface area contributed by atoms with E-state index in [0.717, 1.165) is 0 Å². The largest absolute Gasteiger partial charge is 0.573 e. The maximum atomic E-state index is 12.1. The third kappa shape index (κ3) is 2.81. The molecule has 0 aliphatic heterocycles. The minimum absolute atomic E-state index is 0.127. The van der Waals surface area contributed by atoms with E-state index in [1.165, 1.54) is 18.3 Å². The van der Waals surface area contributed by atoms with Crippen LogP contribution in [0.2, 0.25) is 5.15 Å². The van der Waals surface area contributed by atoms with E-state index in [1.54, 1.807) is 6.07 Å². The highest BCUT2D eigenvalue weighted by Gasteiger charge is 2.32. The summed E-state index contributed by atoms with van der Waals surface area (Å²) in [6.07, 6.45) is -3.27. The molecule has 2 rings (SSSR count). The minimum Gasteiger partial charge on any atom is -0.405 e. The Hall–Kier alpha value is -1.01. The molecular formula is C10H4BrClF3NO. The molecule has 1 aromatic heterocycles. The molecule has 0 spiro atoms. The van der Waals surface area contributed by atoms with Crippen LogP contribution >= 0.6 is 27.5 Å². The summed E-state index contributed by atoms with van der Waals surface area (Å²) in [4.78, 5) is 3.79. The first-order valence-electron chi connectivity index (χ1n) is 4.36. The molecule has 0 bridgehead atoms. The number of nitrogens with zero attached hydrogens (tertiary/aromatic N) is 1. The van der Waals surface area contributed by atoms with Crippen LogP contribution in [0.15, 0.2) is 28.9 Å². The number of alkyl halides is 3. The molecule has 0 saturated heterocycles. The molecule has 2 nitrogen and oxygen atoms in total. The van der Waals surface area contributed by atoms with Crippen molar-refractivity contribution >= 4 is 38.3 Å². The first-order chi connectivity index (χ1) is 7.87. The first kappa shape index (κ1) is 12.4. The molecule has 0 aliphatic rings. The maximum Gasteiger partial charge on any atom is 0.573 e. The normalized spacial score (nSPS) is 11.8. The van der Waals surface area contributed by atoms with Crippen LogP contribution in [-0.4, -0.2) is 11.3 Å². The van der Waals surface area contributed by atoms with Crippen LogP contribution in [-0.2, 0) is 0 Å². The second kappa shape index (κ2) is 4.34. The van der Waals surface area contributed by atoms with Crippen molar-refractivity contribution in [2.45, 2.75) is 6.36 Å². The van der Waals surface area contributed by atoms with Gasteiger partial charge in [-0.15, -0.1) is 13.2 Å². The molecule has 17 heavy (non-hydrogen) atoms. The highest BCUT2D eigenvalue weighted by Crippen LogP contribution is 2.35. The van der Waals surface area contributed by atoms with Crippen LogP contribution in [0.3, 0.4) is 0 Å². The molecular weight excluding hydrogens is 322 g/mol. The highest BCUT2D eigenvalue weighted by molar-refractivity contribution is 9.10. The number of hydrogen-bond donors (Lipinski definition) is 0. The number of halogens is 5. The van der Waals surface area contributed by atoms with E-state index in [2.05, 4.69) is 25.7 Å². The van der Waals surface area contributed by atoms with Gasteiger partial charge in [0.15, 0.2) is 0 Å². The zero-order chi connectivity index (χ0) is 12.6. The second-order valence-corrected chi connectivity index (χ2v) is 4.37. The smallest absolute Gasteiger partial charge is 0.405 e. The lowest BCUT2D eigenvalue weighted by Crippen LogP contribution is -2.17. The van der Waals surface area contributed by atoms with Crippen LogP contribution in [0.1, 0.15) is 0 Å². The van der Waals surface area contributed by atoms with Gasteiger partial charge in [0, 0.05) is 11.6 Å². The van der Waals surface area contributed by atoms with Gasteiger partial charge in [0.1, 0.15) is 10.9 Å².